The number of non-ortho nitro benzene ring substituents is 1. The average molecular weight is 375 g/mol. The third-order valence-corrected chi connectivity index (χ3v) is 3.60. The number of carbonyl (C=O) groups excluding carboxylic acids is 1. The van der Waals surface area contributed by atoms with Gasteiger partial charge in [-0.3, -0.25) is 20.2 Å². The number of nitrogens with one attached hydrogen (secondary N) is 2. The number of rotatable bonds is 6. The number of ether oxygens (including phenoxy) is 1. The van der Waals surface area contributed by atoms with E-state index in [1.165, 1.54) is 0 Å². The minimum atomic E-state index is -0.607. The highest BCUT2D eigenvalue weighted by Crippen LogP contribution is 2.27. The maximum Gasteiger partial charge on any atom is 0.271 e. The highest BCUT2D eigenvalue weighted by molar-refractivity contribution is 7.80. The van der Waals surface area contributed by atoms with Crippen LogP contribution in [-0.4, -0.2) is 27.7 Å². The molecule has 136 valence electrons. The van der Waals surface area contributed by atoms with Crippen LogP contribution >= 0.6 is 12.2 Å². The highest BCUT2D eigenvalue weighted by atomic mass is 32.1. The molecule has 0 radical (unpaired) electrons. The molecule has 0 aliphatic heterocycles. The smallest absolute Gasteiger partial charge is 0.271 e. The predicted octanol–water partition coefficient (Wildman–Crippen LogP) is 2.75. The number of phenolic OH excluding ortho intramolecular Hbond substituents is 1. The number of carbonyl (C=O) groups is 1. The van der Waals surface area contributed by atoms with E-state index in [0.717, 1.165) is 30.2 Å². The van der Waals surface area contributed by atoms with Crippen molar-refractivity contribution in [2.75, 3.05) is 11.9 Å². The van der Waals surface area contributed by atoms with Crippen LogP contribution in [0.2, 0.25) is 0 Å². The Hall–Kier alpha value is -3.20. The highest BCUT2D eigenvalue weighted by Gasteiger charge is 2.12. The summed E-state index contributed by atoms with van der Waals surface area (Å²) in [7, 11) is 0. The molecule has 2 aromatic carbocycles. The SMILES string of the molecule is CCc1ccc(OCC(=O)NC(=S)Nc2cc([N+](=O)[O-])ccc2O)cc1. The molecule has 0 fully saturated rings. The largest absolute Gasteiger partial charge is 0.506 e. The predicted molar refractivity (Wildman–Crippen MR) is 100 cm³/mol. The van der Waals surface area contributed by atoms with Gasteiger partial charge >= 0.3 is 0 Å². The van der Waals surface area contributed by atoms with E-state index < -0.39 is 10.8 Å². The molecule has 9 heteroatoms. The van der Waals surface area contributed by atoms with Gasteiger partial charge in [0, 0.05) is 12.1 Å². The van der Waals surface area contributed by atoms with Gasteiger partial charge in [-0.25, -0.2) is 0 Å². The van der Waals surface area contributed by atoms with Gasteiger partial charge in [0.1, 0.15) is 11.5 Å². The van der Waals surface area contributed by atoms with Gasteiger partial charge in [-0.05, 0) is 42.4 Å². The summed E-state index contributed by atoms with van der Waals surface area (Å²) in [4.78, 5) is 22.0. The number of nitrogens with zero attached hydrogens (tertiary/aromatic N) is 1. The number of thiocarbonyl (C=S) groups is 1. The number of aromatic hydroxyl groups is 1. The molecule has 0 heterocycles. The molecule has 0 aliphatic carbocycles. The first-order valence-corrected chi connectivity index (χ1v) is 8.10. The van der Waals surface area contributed by atoms with Crippen molar-refractivity contribution in [1.82, 2.24) is 5.32 Å². The van der Waals surface area contributed by atoms with Crippen LogP contribution in [0.5, 0.6) is 11.5 Å². The standard InChI is InChI=1S/C17H17N3O5S/c1-2-11-3-6-13(7-4-11)25-10-16(22)19-17(26)18-14-9-12(20(23)24)5-8-15(14)21/h3-9,21H,2,10H2,1H3,(H2,18,19,22,26). The second-order valence-corrected chi connectivity index (χ2v) is 5.66. The Morgan fingerprint density at radius 2 is 1.96 bits per heavy atom. The van der Waals surface area contributed by atoms with Crippen molar-refractivity contribution in [3.63, 3.8) is 0 Å². The molecular formula is C17H17N3O5S. The Morgan fingerprint density at radius 1 is 1.27 bits per heavy atom. The lowest BCUT2D eigenvalue weighted by molar-refractivity contribution is -0.384. The van der Waals surface area contributed by atoms with Crippen molar-refractivity contribution in [2.24, 2.45) is 0 Å². The Morgan fingerprint density at radius 3 is 2.58 bits per heavy atom. The quantitative estimate of drug-likeness (QED) is 0.308. The average Bonchev–Trinajstić information content (AvgIpc) is 2.62. The maximum atomic E-state index is 11.9. The Labute approximate surface area is 154 Å². The van der Waals surface area contributed by atoms with Crippen LogP contribution in [0.3, 0.4) is 0 Å². The molecule has 0 saturated heterocycles. The number of nitro groups is 1. The summed E-state index contributed by atoms with van der Waals surface area (Å²) in [5, 5.41) is 25.3. The molecule has 8 nitrogen and oxygen atoms in total. The monoisotopic (exact) mass is 375 g/mol. The molecule has 0 bridgehead atoms. The maximum absolute atomic E-state index is 11.9. The van der Waals surface area contributed by atoms with Crippen LogP contribution in [0.25, 0.3) is 0 Å². The fourth-order valence-corrected chi connectivity index (χ4v) is 2.25. The zero-order chi connectivity index (χ0) is 19.1. The van der Waals surface area contributed by atoms with Gasteiger partial charge in [0.2, 0.25) is 0 Å². The zero-order valence-corrected chi connectivity index (χ0v) is 14.7. The van der Waals surface area contributed by atoms with Gasteiger partial charge in [0.05, 0.1) is 10.6 Å². The minimum absolute atomic E-state index is 0.0144. The Balaban J connectivity index is 1.87. The summed E-state index contributed by atoms with van der Waals surface area (Å²) >= 11 is 4.96. The Kier molecular flexibility index (Phi) is 6.45. The molecular weight excluding hydrogens is 358 g/mol. The normalized spacial score (nSPS) is 10.0. The van der Waals surface area contributed by atoms with Gasteiger partial charge in [0.25, 0.3) is 11.6 Å². The molecule has 2 aromatic rings. The zero-order valence-electron chi connectivity index (χ0n) is 13.9. The van der Waals surface area contributed by atoms with Crippen LogP contribution in [0.4, 0.5) is 11.4 Å². The molecule has 3 N–H and O–H groups in total. The first-order chi connectivity index (χ1) is 12.4. The lowest BCUT2D eigenvalue weighted by atomic mass is 10.2. The van der Waals surface area contributed by atoms with Crippen LogP contribution in [-0.2, 0) is 11.2 Å². The van der Waals surface area contributed by atoms with E-state index in [0.29, 0.717) is 5.75 Å². The number of nitro benzene ring substituents is 1. The number of hydrogen-bond donors (Lipinski definition) is 3. The topological polar surface area (TPSA) is 114 Å². The molecule has 0 spiro atoms. The van der Waals surface area contributed by atoms with Crippen molar-refractivity contribution in [2.45, 2.75) is 13.3 Å². The number of anilines is 1. The number of hydrogen-bond acceptors (Lipinski definition) is 6. The molecule has 0 aromatic heterocycles. The van der Waals surface area contributed by atoms with Gasteiger partial charge in [0.15, 0.2) is 11.7 Å². The fourth-order valence-electron chi connectivity index (χ4n) is 2.02. The van der Waals surface area contributed by atoms with E-state index in [9.17, 15) is 20.0 Å². The van der Waals surface area contributed by atoms with Gasteiger partial charge < -0.3 is 15.2 Å². The van der Waals surface area contributed by atoms with Crippen molar-refractivity contribution in [3.8, 4) is 11.5 Å². The van der Waals surface area contributed by atoms with Gasteiger partial charge in [-0.2, -0.15) is 0 Å². The Bertz CT molecular complexity index is 824. The summed E-state index contributed by atoms with van der Waals surface area (Å²) in [6.07, 6.45) is 0.908. The third-order valence-electron chi connectivity index (χ3n) is 3.39. The van der Waals surface area contributed by atoms with Crippen LogP contribution in [0.15, 0.2) is 42.5 Å². The summed E-state index contributed by atoms with van der Waals surface area (Å²) in [5.41, 5.74) is 0.947. The summed E-state index contributed by atoms with van der Waals surface area (Å²) < 4.78 is 5.35. The lowest BCUT2D eigenvalue weighted by Gasteiger charge is -2.11. The lowest BCUT2D eigenvalue weighted by Crippen LogP contribution is -2.37. The number of amides is 1. The molecule has 2 rings (SSSR count). The van der Waals surface area contributed by atoms with Crippen molar-refractivity contribution in [3.05, 3.63) is 58.1 Å². The van der Waals surface area contributed by atoms with Crippen LogP contribution < -0.4 is 15.4 Å². The molecule has 0 unspecified atom stereocenters. The fraction of sp³-hybridized carbons (Fsp3) is 0.176. The summed E-state index contributed by atoms with van der Waals surface area (Å²) in [6.45, 7) is 1.78. The first-order valence-electron chi connectivity index (χ1n) is 7.69. The summed E-state index contributed by atoms with van der Waals surface area (Å²) in [6, 6.07) is 10.8. The van der Waals surface area contributed by atoms with Gasteiger partial charge in [-0.1, -0.05) is 19.1 Å². The van der Waals surface area contributed by atoms with E-state index in [1.54, 1.807) is 12.1 Å². The molecule has 1 amide bonds. The second-order valence-electron chi connectivity index (χ2n) is 5.25. The van der Waals surface area contributed by atoms with Crippen LogP contribution in [0.1, 0.15) is 12.5 Å². The number of benzene rings is 2. The molecule has 0 aliphatic rings. The van der Waals surface area contributed by atoms with E-state index in [2.05, 4.69) is 10.6 Å². The molecule has 0 saturated carbocycles. The number of phenols is 1. The van der Waals surface area contributed by atoms with Gasteiger partial charge in [-0.15, -0.1) is 0 Å². The molecule has 26 heavy (non-hydrogen) atoms. The van der Waals surface area contributed by atoms with Crippen LogP contribution in [0, 0.1) is 10.1 Å². The number of aryl methyl sites for hydroxylation is 1. The summed E-state index contributed by atoms with van der Waals surface area (Å²) in [5.74, 6) is -0.195. The first kappa shape index (κ1) is 19.1. The van der Waals surface area contributed by atoms with Crippen molar-refractivity contribution >= 4 is 34.6 Å². The molecule has 0 atom stereocenters. The third kappa shape index (κ3) is 5.42. The van der Waals surface area contributed by atoms with Crippen molar-refractivity contribution in [1.29, 1.82) is 0 Å². The van der Waals surface area contributed by atoms with E-state index in [1.807, 2.05) is 19.1 Å². The van der Waals surface area contributed by atoms with E-state index in [4.69, 9.17) is 17.0 Å². The van der Waals surface area contributed by atoms with E-state index in [-0.39, 0.29) is 28.8 Å². The van der Waals surface area contributed by atoms with E-state index >= 15 is 0 Å². The minimum Gasteiger partial charge on any atom is -0.506 e. The second kappa shape index (κ2) is 8.77. The van der Waals surface area contributed by atoms with Crippen molar-refractivity contribution < 1.29 is 19.6 Å².